The molecule has 5 nitrogen and oxygen atoms in total. The minimum Gasteiger partial charge on any atom is -0.373 e. The number of aryl methyl sites for hydroxylation is 2. The third kappa shape index (κ3) is 4.90. The molecule has 1 heterocycles. The minimum absolute atomic E-state index is 0.0876. The quantitative estimate of drug-likeness (QED) is 0.600. The highest BCUT2D eigenvalue weighted by Gasteiger charge is 2.19. The van der Waals surface area contributed by atoms with E-state index >= 15 is 0 Å². The van der Waals surface area contributed by atoms with Gasteiger partial charge in [-0.3, -0.25) is 4.79 Å². The molecule has 0 aliphatic carbocycles. The van der Waals surface area contributed by atoms with Crippen molar-refractivity contribution >= 4 is 28.9 Å². The monoisotopic (exact) mass is 408 g/mol. The summed E-state index contributed by atoms with van der Waals surface area (Å²) in [6.07, 6.45) is 1.66. The predicted molar refractivity (Wildman–Crippen MR) is 118 cm³/mol. The average Bonchev–Trinajstić information content (AvgIpc) is 2.71. The molecular formula is C23H25ClN4O. The number of carbonyl (C=O) groups is 1. The highest BCUT2D eigenvalue weighted by molar-refractivity contribution is 6.31. The first-order valence-corrected chi connectivity index (χ1v) is 10.0. The van der Waals surface area contributed by atoms with Crippen LogP contribution < -0.4 is 10.2 Å². The number of amides is 1. The Bertz CT molecular complexity index is 985. The number of nitriles is 1. The molecule has 150 valence electrons. The van der Waals surface area contributed by atoms with Gasteiger partial charge in [0.25, 0.3) is 5.91 Å². The summed E-state index contributed by atoms with van der Waals surface area (Å²) in [7, 11) is 0. The highest BCUT2D eigenvalue weighted by Crippen LogP contribution is 2.24. The summed E-state index contributed by atoms with van der Waals surface area (Å²) in [6.45, 7) is 9.34. The molecular weight excluding hydrogens is 384 g/mol. The summed E-state index contributed by atoms with van der Waals surface area (Å²) in [6, 6.07) is 13.7. The predicted octanol–water partition coefficient (Wildman–Crippen LogP) is 4.43. The van der Waals surface area contributed by atoms with Crippen LogP contribution in [-0.2, 0) is 4.79 Å². The second kappa shape index (κ2) is 9.02. The van der Waals surface area contributed by atoms with E-state index in [9.17, 15) is 10.1 Å². The zero-order chi connectivity index (χ0) is 21.0. The lowest BCUT2D eigenvalue weighted by molar-refractivity contribution is -0.112. The van der Waals surface area contributed by atoms with Gasteiger partial charge in [-0.2, -0.15) is 5.26 Å². The smallest absolute Gasteiger partial charge is 0.267 e. The molecule has 0 atom stereocenters. The molecule has 29 heavy (non-hydrogen) atoms. The van der Waals surface area contributed by atoms with Gasteiger partial charge in [-0.15, -0.1) is 0 Å². The molecule has 1 saturated heterocycles. The third-order valence-corrected chi connectivity index (χ3v) is 5.59. The van der Waals surface area contributed by atoms with Crippen molar-refractivity contribution in [2.75, 3.05) is 36.4 Å². The van der Waals surface area contributed by atoms with Crippen LogP contribution in [-0.4, -0.2) is 37.0 Å². The molecule has 0 bridgehead atoms. The summed E-state index contributed by atoms with van der Waals surface area (Å²) in [5, 5.41) is 12.8. The Morgan fingerprint density at radius 2 is 1.83 bits per heavy atom. The largest absolute Gasteiger partial charge is 0.373 e. The first-order valence-electron chi connectivity index (χ1n) is 9.63. The number of halogens is 1. The molecule has 1 aliphatic rings. The van der Waals surface area contributed by atoms with Crippen molar-refractivity contribution < 1.29 is 4.79 Å². The Morgan fingerprint density at radius 3 is 2.52 bits per heavy atom. The normalized spacial score (nSPS) is 14.5. The van der Waals surface area contributed by atoms with E-state index in [-0.39, 0.29) is 5.57 Å². The number of piperazine rings is 1. The number of rotatable bonds is 4. The Morgan fingerprint density at radius 1 is 1.10 bits per heavy atom. The van der Waals surface area contributed by atoms with Crippen molar-refractivity contribution in [3.05, 3.63) is 69.9 Å². The summed E-state index contributed by atoms with van der Waals surface area (Å²) in [5.74, 6) is -0.421. The fraction of sp³-hybridized carbons (Fsp3) is 0.304. The van der Waals surface area contributed by atoms with Gasteiger partial charge >= 0.3 is 0 Å². The Kier molecular flexibility index (Phi) is 6.46. The van der Waals surface area contributed by atoms with Crippen LogP contribution >= 0.6 is 11.6 Å². The molecule has 1 amide bonds. The number of benzene rings is 2. The van der Waals surface area contributed by atoms with Crippen molar-refractivity contribution in [2.45, 2.75) is 20.8 Å². The molecule has 0 unspecified atom stereocenters. The average molecular weight is 409 g/mol. The first kappa shape index (κ1) is 20.8. The van der Waals surface area contributed by atoms with Crippen molar-refractivity contribution in [1.29, 1.82) is 5.26 Å². The molecule has 2 aromatic carbocycles. The van der Waals surface area contributed by atoms with E-state index in [4.69, 9.17) is 11.6 Å². The van der Waals surface area contributed by atoms with Gasteiger partial charge in [-0.25, -0.2) is 0 Å². The topological polar surface area (TPSA) is 59.4 Å². The Hall–Kier alpha value is -2.97. The maximum Gasteiger partial charge on any atom is 0.267 e. The molecule has 0 radical (unpaired) electrons. The molecule has 1 N–H and O–H groups in total. The van der Waals surface area contributed by atoms with Crippen LogP contribution in [0.3, 0.4) is 0 Å². The number of anilines is 2. The zero-order valence-corrected chi connectivity index (χ0v) is 17.8. The summed E-state index contributed by atoms with van der Waals surface area (Å²) in [5.41, 5.74) is 5.42. The molecule has 2 aromatic rings. The highest BCUT2D eigenvalue weighted by atomic mass is 35.5. The van der Waals surface area contributed by atoms with E-state index in [0.29, 0.717) is 10.7 Å². The molecule has 0 saturated carbocycles. The van der Waals surface area contributed by atoms with Crippen LogP contribution in [0.25, 0.3) is 0 Å². The Balaban J connectivity index is 1.66. The van der Waals surface area contributed by atoms with Gasteiger partial charge in [-0.05, 0) is 55.7 Å². The fourth-order valence-corrected chi connectivity index (χ4v) is 3.58. The molecule has 1 aliphatic heterocycles. The molecule has 3 rings (SSSR count). The van der Waals surface area contributed by atoms with Crippen molar-refractivity contribution in [1.82, 2.24) is 4.90 Å². The number of nitrogens with zero attached hydrogens (tertiary/aromatic N) is 3. The summed E-state index contributed by atoms with van der Waals surface area (Å²) < 4.78 is 0. The molecule has 1 fully saturated rings. The summed E-state index contributed by atoms with van der Waals surface area (Å²) >= 11 is 6.01. The maximum absolute atomic E-state index is 12.6. The number of hydrogen-bond donors (Lipinski definition) is 1. The first-order chi connectivity index (χ1) is 13.9. The van der Waals surface area contributed by atoms with Gasteiger partial charge in [0, 0.05) is 48.8 Å². The van der Waals surface area contributed by atoms with Crippen LogP contribution in [0.2, 0.25) is 5.02 Å². The van der Waals surface area contributed by atoms with Crippen molar-refractivity contribution in [3.8, 4) is 6.07 Å². The minimum atomic E-state index is -0.421. The van der Waals surface area contributed by atoms with Gasteiger partial charge in [0.15, 0.2) is 0 Å². The van der Waals surface area contributed by atoms with E-state index in [1.165, 1.54) is 16.8 Å². The van der Waals surface area contributed by atoms with E-state index in [0.717, 1.165) is 31.7 Å². The van der Waals surface area contributed by atoms with E-state index in [1.807, 2.05) is 24.0 Å². The van der Waals surface area contributed by atoms with Gasteiger partial charge in [-0.1, -0.05) is 29.8 Å². The lowest BCUT2D eigenvalue weighted by Gasteiger charge is -2.36. The van der Waals surface area contributed by atoms with E-state index in [1.54, 1.807) is 18.3 Å². The van der Waals surface area contributed by atoms with Gasteiger partial charge < -0.3 is 15.1 Å². The van der Waals surface area contributed by atoms with Crippen LogP contribution in [0.5, 0.6) is 0 Å². The van der Waals surface area contributed by atoms with Gasteiger partial charge in [0.05, 0.1) is 0 Å². The zero-order valence-electron chi connectivity index (χ0n) is 17.0. The van der Waals surface area contributed by atoms with Crippen molar-refractivity contribution in [2.24, 2.45) is 0 Å². The SMILES string of the molecule is Cc1ccc(Cl)cc1NC(=O)/C(C#N)=C\N1CCN(c2cccc(C)c2C)CC1. The Labute approximate surface area is 177 Å². The fourth-order valence-electron chi connectivity index (χ4n) is 3.41. The van der Waals surface area contributed by atoms with Gasteiger partial charge in [0.2, 0.25) is 0 Å². The van der Waals surface area contributed by atoms with Crippen LogP contribution in [0, 0.1) is 32.1 Å². The lowest BCUT2D eigenvalue weighted by atomic mass is 10.1. The lowest BCUT2D eigenvalue weighted by Crippen LogP contribution is -2.44. The van der Waals surface area contributed by atoms with Gasteiger partial charge in [0.1, 0.15) is 11.6 Å². The maximum atomic E-state index is 12.6. The van der Waals surface area contributed by atoms with E-state index in [2.05, 4.69) is 42.3 Å². The number of carbonyl (C=O) groups excluding carboxylic acids is 1. The number of hydrogen-bond acceptors (Lipinski definition) is 4. The van der Waals surface area contributed by atoms with E-state index < -0.39 is 5.91 Å². The second-order valence-corrected chi connectivity index (χ2v) is 7.75. The standard InChI is InChI=1S/C23H25ClN4O/c1-16-5-4-6-22(18(16)3)28-11-9-27(10-12-28)15-19(14-25)23(29)26-21-13-20(24)8-7-17(21)2/h4-8,13,15H,9-12H2,1-3H3,(H,26,29)/b19-15-. The summed E-state index contributed by atoms with van der Waals surface area (Å²) in [4.78, 5) is 17.0. The molecule has 0 aromatic heterocycles. The number of nitrogens with one attached hydrogen (secondary N) is 1. The van der Waals surface area contributed by atoms with Crippen LogP contribution in [0.15, 0.2) is 48.2 Å². The molecule has 0 spiro atoms. The molecule has 6 heteroatoms. The second-order valence-electron chi connectivity index (χ2n) is 7.31. The van der Waals surface area contributed by atoms with Crippen LogP contribution in [0.1, 0.15) is 16.7 Å². The third-order valence-electron chi connectivity index (χ3n) is 5.36. The van der Waals surface area contributed by atoms with Crippen molar-refractivity contribution in [3.63, 3.8) is 0 Å². The van der Waals surface area contributed by atoms with Crippen LogP contribution in [0.4, 0.5) is 11.4 Å².